The van der Waals surface area contributed by atoms with Gasteiger partial charge in [-0.25, -0.2) is 4.57 Å². The Kier molecular flexibility index (Phi) is 60.8. The van der Waals surface area contributed by atoms with Crippen LogP contribution in [0.3, 0.4) is 0 Å². The number of carbonyl (C=O) groups excluding carboxylic acids is 1. The summed E-state index contributed by atoms with van der Waals surface area (Å²) in [4.78, 5) is 23.4. The fourth-order valence-corrected chi connectivity index (χ4v) is 11.3. The molecule has 0 aromatic rings. The summed E-state index contributed by atoms with van der Waals surface area (Å²) in [5.41, 5.74) is 0. The van der Waals surface area contributed by atoms with Crippen LogP contribution in [0.4, 0.5) is 0 Å². The second kappa shape index (κ2) is 62.0. The summed E-state index contributed by atoms with van der Waals surface area (Å²) in [7, 11) is 1.57. The molecule has 1 amide bonds. The van der Waals surface area contributed by atoms with Crippen LogP contribution in [-0.2, 0) is 18.4 Å². The number of hydrogen-bond acceptors (Lipinski definition) is 5. The summed E-state index contributed by atoms with van der Waals surface area (Å²) in [6.07, 6.45) is 84.1. The molecule has 0 spiro atoms. The van der Waals surface area contributed by atoms with Crippen molar-refractivity contribution in [2.45, 2.75) is 360 Å². The van der Waals surface area contributed by atoms with E-state index >= 15 is 0 Å². The van der Waals surface area contributed by atoms with Gasteiger partial charge in [-0.15, -0.1) is 0 Å². The lowest BCUT2D eigenvalue weighted by Gasteiger charge is -2.25. The van der Waals surface area contributed by atoms with Gasteiger partial charge in [0.1, 0.15) is 13.2 Å². The molecule has 0 aliphatic carbocycles. The predicted molar refractivity (Wildman–Crippen MR) is 351 cm³/mol. The fourth-order valence-electron chi connectivity index (χ4n) is 10.6. The van der Waals surface area contributed by atoms with E-state index in [1.807, 2.05) is 27.2 Å². The molecule has 0 saturated heterocycles. The minimum absolute atomic E-state index is 0.0571. The van der Waals surface area contributed by atoms with Crippen molar-refractivity contribution in [3.05, 3.63) is 48.6 Å². The molecular formula is C71H138N2O6P+. The number of nitrogens with zero attached hydrogens (tertiary/aromatic N) is 1. The average molecular weight is 1150 g/mol. The predicted octanol–water partition coefficient (Wildman–Crippen LogP) is 22.2. The smallest absolute Gasteiger partial charge is 0.387 e. The maximum absolute atomic E-state index is 13.0. The molecule has 0 saturated carbocycles. The van der Waals surface area contributed by atoms with Crippen LogP contribution in [-0.4, -0.2) is 73.4 Å². The second-order valence-electron chi connectivity index (χ2n) is 25.3. The fraction of sp³-hybridized carbons (Fsp3) is 0.873. The third-order valence-electron chi connectivity index (χ3n) is 16.0. The standard InChI is InChI=1S/C71H137N2O6P/c1-6-8-10-12-14-16-18-20-22-24-26-28-30-32-34-35-36-37-39-41-43-45-47-49-51-53-55-57-59-61-63-65-71(75)72-69(68-79-80(76,77)78-67-66-73(3,4)5)70(74)64-62-60-58-56-54-52-50-48-46-44-42-40-38-33-31-29-27-25-23-21-19-17-15-13-11-9-7-2/h18,20,24,26,54,56,62,64,69-70,74H,6-17,19,21-23,25,27-53,55,57-61,63,65-68H2,1-5H3,(H-,72,75,76,77)/p+1/b20-18-,26-24-,56-54+,64-62+. The van der Waals surface area contributed by atoms with E-state index < -0.39 is 20.0 Å². The summed E-state index contributed by atoms with van der Waals surface area (Å²) in [5, 5.41) is 14.0. The van der Waals surface area contributed by atoms with Crippen molar-refractivity contribution in [3.63, 3.8) is 0 Å². The van der Waals surface area contributed by atoms with Crippen molar-refractivity contribution in [1.29, 1.82) is 0 Å². The van der Waals surface area contributed by atoms with E-state index in [9.17, 15) is 19.4 Å². The number of amides is 1. The van der Waals surface area contributed by atoms with Gasteiger partial charge in [0.15, 0.2) is 0 Å². The second-order valence-corrected chi connectivity index (χ2v) is 26.7. The van der Waals surface area contributed by atoms with E-state index in [1.54, 1.807) is 6.08 Å². The maximum atomic E-state index is 13.0. The van der Waals surface area contributed by atoms with Crippen LogP contribution in [0.15, 0.2) is 48.6 Å². The van der Waals surface area contributed by atoms with Crippen LogP contribution < -0.4 is 5.32 Å². The molecular weight excluding hydrogens is 1010 g/mol. The topological polar surface area (TPSA) is 105 Å². The van der Waals surface area contributed by atoms with Crippen LogP contribution in [0, 0.1) is 0 Å². The van der Waals surface area contributed by atoms with E-state index in [-0.39, 0.29) is 19.1 Å². The number of aliphatic hydroxyl groups excluding tert-OH is 1. The number of carbonyl (C=O) groups is 1. The van der Waals surface area contributed by atoms with Crippen LogP contribution in [0.2, 0.25) is 0 Å². The number of phosphoric ester groups is 1. The zero-order chi connectivity index (χ0) is 58.4. The Morgan fingerprint density at radius 3 is 1.07 bits per heavy atom. The first-order chi connectivity index (χ1) is 39.0. The lowest BCUT2D eigenvalue weighted by atomic mass is 10.0. The molecule has 0 rings (SSSR count). The Morgan fingerprint density at radius 2 is 0.725 bits per heavy atom. The molecule has 0 heterocycles. The summed E-state index contributed by atoms with van der Waals surface area (Å²) in [6, 6.07) is -0.865. The Hall–Kier alpha value is -1.54. The van der Waals surface area contributed by atoms with Crippen LogP contribution in [0.1, 0.15) is 348 Å². The molecule has 0 radical (unpaired) electrons. The van der Waals surface area contributed by atoms with Gasteiger partial charge < -0.3 is 19.8 Å². The quantitative estimate of drug-likeness (QED) is 0.0243. The molecule has 0 aliphatic rings. The number of quaternary nitrogens is 1. The van der Waals surface area contributed by atoms with Crippen LogP contribution >= 0.6 is 7.82 Å². The number of rotatable bonds is 65. The molecule has 0 aromatic carbocycles. The molecule has 472 valence electrons. The van der Waals surface area contributed by atoms with E-state index in [1.165, 1.54) is 283 Å². The van der Waals surface area contributed by atoms with Gasteiger partial charge in [0.25, 0.3) is 0 Å². The van der Waals surface area contributed by atoms with Crippen LogP contribution in [0.5, 0.6) is 0 Å². The van der Waals surface area contributed by atoms with Gasteiger partial charge in [-0.2, -0.15) is 0 Å². The van der Waals surface area contributed by atoms with Crippen molar-refractivity contribution in [3.8, 4) is 0 Å². The molecule has 0 fully saturated rings. The van der Waals surface area contributed by atoms with Gasteiger partial charge in [0.2, 0.25) is 5.91 Å². The highest BCUT2D eigenvalue weighted by atomic mass is 31.2. The summed E-state index contributed by atoms with van der Waals surface area (Å²) >= 11 is 0. The van der Waals surface area contributed by atoms with Gasteiger partial charge in [-0.3, -0.25) is 13.8 Å². The minimum atomic E-state index is -4.36. The molecule has 3 unspecified atom stereocenters. The Morgan fingerprint density at radius 1 is 0.425 bits per heavy atom. The van der Waals surface area contributed by atoms with Gasteiger partial charge in [-0.1, -0.05) is 326 Å². The summed E-state index contributed by atoms with van der Waals surface area (Å²) in [6.45, 7) is 4.84. The molecule has 0 aliphatic heterocycles. The molecule has 9 heteroatoms. The van der Waals surface area contributed by atoms with E-state index in [2.05, 4.69) is 55.6 Å². The maximum Gasteiger partial charge on any atom is 0.472 e. The summed E-state index contributed by atoms with van der Waals surface area (Å²) in [5.74, 6) is -0.181. The molecule has 3 N–H and O–H groups in total. The van der Waals surface area contributed by atoms with Crippen molar-refractivity contribution in [2.75, 3.05) is 40.9 Å². The van der Waals surface area contributed by atoms with Gasteiger partial charge in [0.05, 0.1) is 39.9 Å². The minimum Gasteiger partial charge on any atom is -0.387 e. The van der Waals surface area contributed by atoms with Crippen molar-refractivity contribution in [1.82, 2.24) is 5.32 Å². The van der Waals surface area contributed by atoms with Gasteiger partial charge in [0, 0.05) is 6.42 Å². The zero-order valence-corrected chi connectivity index (χ0v) is 55.0. The molecule has 80 heavy (non-hydrogen) atoms. The first-order valence-electron chi connectivity index (χ1n) is 35.0. The highest BCUT2D eigenvalue weighted by Crippen LogP contribution is 2.43. The summed E-state index contributed by atoms with van der Waals surface area (Å²) < 4.78 is 23.8. The van der Waals surface area contributed by atoms with Gasteiger partial charge >= 0.3 is 7.82 Å². The number of unbranched alkanes of at least 4 members (excludes halogenated alkanes) is 46. The molecule has 0 aromatic heterocycles. The molecule has 0 bridgehead atoms. The van der Waals surface area contributed by atoms with Crippen LogP contribution in [0.25, 0.3) is 0 Å². The first kappa shape index (κ1) is 78.5. The first-order valence-corrected chi connectivity index (χ1v) is 36.5. The highest BCUT2D eigenvalue weighted by Gasteiger charge is 2.28. The van der Waals surface area contributed by atoms with E-state index in [4.69, 9.17) is 9.05 Å². The molecule has 3 atom stereocenters. The monoisotopic (exact) mass is 1150 g/mol. The number of allylic oxidation sites excluding steroid dienone is 7. The largest absolute Gasteiger partial charge is 0.472 e. The molecule has 8 nitrogen and oxygen atoms in total. The number of aliphatic hydroxyl groups is 1. The Labute approximate surface area is 499 Å². The lowest BCUT2D eigenvalue weighted by Crippen LogP contribution is -2.45. The van der Waals surface area contributed by atoms with Gasteiger partial charge in [-0.05, 0) is 64.2 Å². The van der Waals surface area contributed by atoms with Crippen molar-refractivity contribution in [2.24, 2.45) is 0 Å². The van der Waals surface area contributed by atoms with E-state index in [0.29, 0.717) is 17.4 Å². The number of hydrogen-bond donors (Lipinski definition) is 3. The number of nitrogens with one attached hydrogen (secondary N) is 1. The third kappa shape index (κ3) is 64.0. The number of likely N-dealkylation sites (N-methyl/N-ethyl adjacent to an activating group) is 1. The van der Waals surface area contributed by atoms with Crippen molar-refractivity contribution >= 4 is 13.7 Å². The number of phosphoric acid groups is 1. The Bertz CT molecular complexity index is 1440. The van der Waals surface area contributed by atoms with Crippen molar-refractivity contribution < 1.29 is 32.9 Å². The Balaban J connectivity index is 4.08. The zero-order valence-electron chi connectivity index (χ0n) is 54.1. The van der Waals surface area contributed by atoms with E-state index in [0.717, 1.165) is 44.9 Å². The average Bonchev–Trinajstić information content (AvgIpc) is 3.42. The normalized spacial score (nSPS) is 13.9. The lowest BCUT2D eigenvalue weighted by molar-refractivity contribution is -0.870. The SMILES string of the molecule is CCCCCCC/C=C\C/C=C\CCCCCCCCCCCCCCCCCCCCCC(=O)NC(COP(=O)(O)OCC[N+](C)(C)C)C(O)/C=C/CC/C=C/CCCCCCCCCCCCCCCCCCCCCCC. The highest BCUT2D eigenvalue weighted by molar-refractivity contribution is 7.47. The third-order valence-corrected chi connectivity index (χ3v) is 17.0.